The summed E-state index contributed by atoms with van der Waals surface area (Å²) < 4.78 is 6.76. The summed E-state index contributed by atoms with van der Waals surface area (Å²) in [6, 6.07) is 12.8. The van der Waals surface area contributed by atoms with Gasteiger partial charge in [-0.05, 0) is 24.3 Å². The summed E-state index contributed by atoms with van der Waals surface area (Å²) in [5.41, 5.74) is 1.18. The van der Waals surface area contributed by atoms with Crippen LogP contribution in [0.4, 0.5) is 0 Å². The first-order chi connectivity index (χ1) is 10.7. The molecule has 0 radical (unpaired) electrons. The first-order valence-corrected chi connectivity index (χ1v) is 7.97. The number of methoxy groups -OCH3 is 1. The van der Waals surface area contributed by atoms with Crippen molar-refractivity contribution >= 4 is 29.0 Å². The van der Waals surface area contributed by atoms with Crippen molar-refractivity contribution in [2.45, 2.75) is 10.6 Å². The second-order valence-corrected chi connectivity index (χ2v) is 6.05. The number of nitrogens with zero attached hydrogens (tertiary/aromatic N) is 2. The van der Waals surface area contributed by atoms with E-state index in [1.54, 1.807) is 37.2 Å². The monoisotopic (exact) mass is 332 g/mol. The van der Waals surface area contributed by atoms with E-state index in [0.29, 0.717) is 16.4 Å². The van der Waals surface area contributed by atoms with Crippen LogP contribution in [0.2, 0.25) is 5.02 Å². The third-order valence-electron chi connectivity index (χ3n) is 3.12. The van der Waals surface area contributed by atoms with Crippen LogP contribution < -0.4 is 10.3 Å². The van der Waals surface area contributed by atoms with Crippen LogP contribution in [0.5, 0.6) is 5.75 Å². The fourth-order valence-electron chi connectivity index (χ4n) is 2.09. The minimum atomic E-state index is -0.136. The zero-order valence-electron chi connectivity index (χ0n) is 11.8. The van der Waals surface area contributed by atoms with Gasteiger partial charge in [0, 0.05) is 22.9 Å². The van der Waals surface area contributed by atoms with E-state index in [4.69, 9.17) is 16.3 Å². The lowest BCUT2D eigenvalue weighted by Crippen LogP contribution is -2.15. The van der Waals surface area contributed by atoms with Gasteiger partial charge in [0.05, 0.1) is 17.8 Å². The molecular weight excluding hydrogens is 320 g/mol. The molecular formula is C16H13ClN2O2S. The van der Waals surface area contributed by atoms with Gasteiger partial charge in [-0.2, -0.15) is 0 Å². The van der Waals surface area contributed by atoms with E-state index in [9.17, 15) is 4.79 Å². The molecule has 0 aliphatic carbocycles. The lowest BCUT2D eigenvalue weighted by molar-refractivity contribution is 0.405. The molecule has 0 amide bonds. The van der Waals surface area contributed by atoms with Crippen LogP contribution in [-0.4, -0.2) is 16.5 Å². The zero-order valence-corrected chi connectivity index (χ0v) is 13.4. The van der Waals surface area contributed by atoms with Crippen molar-refractivity contribution in [2.24, 2.45) is 0 Å². The van der Waals surface area contributed by atoms with Crippen LogP contribution in [-0.2, 0) is 5.75 Å². The molecule has 0 spiro atoms. The zero-order chi connectivity index (χ0) is 15.5. The third kappa shape index (κ3) is 3.10. The van der Waals surface area contributed by atoms with Gasteiger partial charge in [0.2, 0.25) is 0 Å². The molecule has 0 saturated heterocycles. The number of benzene rings is 1. The SMILES string of the molecule is COc1ccccc1SCc1cc(=O)n2cc(Cl)ccc2n1. The lowest BCUT2D eigenvalue weighted by Gasteiger charge is -2.08. The molecule has 0 unspecified atom stereocenters. The number of fused-ring (bicyclic) bond motifs is 1. The van der Waals surface area contributed by atoms with Crippen LogP contribution in [0.1, 0.15) is 5.69 Å². The molecule has 0 bridgehead atoms. The van der Waals surface area contributed by atoms with Gasteiger partial charge in [0.15, 0.2) is 0 Å². The number of pyridine rings is 1. The Bertz CT molecular complexity index is 879. The molecule has 0 aliphatic heterocycles. The van der Waals surface area contributed by atoms with E-state index < -0.39 is 0 Å². The number of hydrogen-bond acceptors (Lipinski definition) is 4. The normalized spacial score (nSPS) is 10.8. The summed E-state index contributed by atoms with van der Waals surface area (Å²) in [4.78, 5) is 17.6. The van der Waals surface area contributed by atoms with E-state index in [2.05, 4.69) is 4.98 Å². The Hall–Kier alpha value is -1.98. The minimum Gasteiger partial charge on any atom is -0.496 e. The first kappa shape index (κ1) is 14.9. The highest BCUT2D eigenvalue weighted by molar-refractivity contribution is 7.98. The lowest BCUT2D eigenvalue weighted by atomic mass is 10.3. The maximum absolute atomic E-state index is 12.1. The van der Waals surface area contributed by atoms with Gasteiger partial charge in [-0.15, -0.1) is 11.8 Å². The molecule has 0 aliphatic rings. The number of halogens is 1. The molecule has 3 aromatic rings. The van der Waals surface area contributed by atoms with Crippen molar-refractivity contribution in [2.75, 3.05) is 7.11 Å². The van der Waals surface area contributed by atoms with Gasteiger partial charge >= 0.3 is 0 Å². The maximum atomic E-state index is 12.1. The van der Waals surface area contributed by atoms with Crippen LogP contribution in [0.15, 0.2) is 58.4 Å². The molecule has 0 fully saturated rings. The van der Waals surface area contributed by atoms with Gasteiger partial charge in [-0.3, -0.25) is 9.20 Å². The number of para-hydroxylation sites is 1. The van der Waals surface area contributed by atoms with Crippen molar-refractivity contribution in [1.82, 2.24) is 9.38 Å². The summed E-state index contributed by atoms with van der Waals surface area (Å²) in [6.45, 7) is 0. The Kier molecular flexibility index (Phi) is 4.36. The third-order valence-corrected chi connectivity index (χ3v) is 4.43. The highest BCUT2D eigenvalue weighted by atomic mass is 35.5. The average Bonchev–Trinajstić information content (AvgIpc) is 2.54. The van der Waals surface area contributed by atoms with Gasteiger partial charge < -0.3 is 4.74 Å². The van der Waals surface area contributed by atoms with Crippen molar-refractivity contribution in [1.29, 1.82) is 0 Å². The highest BCUT2D eigenvalue weighted by Gasteiger charge is 2.06. The molecule has 112 valence electrons. The molecule has 0 atom stereocenters. The first-order valence-electron chi connectivity index (χ1n) is 6.61. The fraction of sp³-hybridized carbons (Fsp3) is 0.125. The summed E-state index contributed by atoms with van der Waals surface area (Å²) in [5.74, 6) is 1.41. The second-order valence-electron chi connectivity index (χ2n) is 4.60. The molecule has 1 aromatic carbocycles. The van der Waals surface area contributed by atoms with Crippen molar-refractivity contribution in [3.63, 3.8) is 0 Å². The Balaban J connectivity index is 1.88. The van der Waals surface area contributed by atoms with E-state index in [-0.39, 0.29) is 5.56 Å². The van der Waals surface area contributed by atoms with Crippen molar-refractivity contribution < 1.29 is 4.74 Å². The largest absolute Gasteiger partial charge is 0.496 e. The molecule has 6 heteroatoms. The number of ether oxygens (including phenoxy) is 1. The van der Waals surface area contributed by atoms with E-state index >= 15 is 0 Å². The predicted octanol–water partition coefficient (Wildman–Crippen LogP) is 3.65. The van der Waals surface area contributed by atoms with Gasteiger partial charge in [0.1, 0.15) is 11.4 Å². The van der Waals surface area contributed by atoms with Crippen molar-refractivity contribution in [3.05, 3.63) is 69.7 Å². The minimum absolute atomic E-state index is 0.136. The van der Waals surface area contributed by atoms with E-state index in [0.717, 1.165) is 16.3 Å². The topological polar surface area (TPSA) is 43.6 Å². The average molecular weight is 333 g/mol. The Morgan fingerprint density at radius 2 is 2.09 bits per heavy atom. The smallest absolute Gasteiger partial charge is 0.258 e. The summed E-state index contributed by atoms with van der Waals surface area (Å²) >= 11 is 7.48. The standard InChI is InChI=1S/C16H13ClN2O2S/c1-21-13-4-2-3-5-14(13)22-10-12-8-16(20)19-9-11(17)6-7-15(19)18-12/h2-9H,10H2,1H3. The van der Waals surface area contributed by atoms with E-state index in [1.807, 2.05) is 24.3 Å². The van der Waals surface area contributed by atoms with Gasteiger partial charge in [0.25, 0.3) is 5.56 Å². The fourth-order valence-corrected chi connectivity index (χ4v) is 3.17. The molecule has 2 aromatic heterocycles. The van der Waals surface area contributed by atoms with E-state index in [1.165, 1.54) is 10.5 Å². The second kappa shape index (κ2) is 6.42. The molecule has 0 N–H and O–H groups in total. The van der Waals surface area contributed by atoms with Crippen molar-refractivity contribution in [3.8, 4) is 5.75 Å². The van der Waals surface area contributed by atoms with Crippen LogP contribution in [0, 0.1) is 0 Å². The summed E-state index contributed by atoms with van der Waals surface area (Å²) in [5, 5.41) is 0.507. The number of aromatic nitrogens is 2. The number of hydrogen-bond donors (Lipinski definition) is 0. The Labute approximate surface area is 136 Å². The Morgan fingerprint density at radius 3 is 2.91 bits per heavy atom. The Morgan fingerprint density at radius 1 is 1.27 bits per heavy atom. The van der Waals surface area contributed by atoms with Crippen LogP contribution >= 0.6 is 23.4 Å². The molecule has 0 saturated carbocycles. The molecule has 4 nitrogen and oxygen atoms in total. The maximum Gasteiger partial charge on any atom is 0.258 e. The van der Waals surface area contributed by atoms with Gasteiger partial charge in [-0.1, -0.05) is 23.7 Å². The van der Waals surface area contributed by atoms with Crippen LogP contribution in [0.25, 0.3) is 5.65 Å². The molecule has 2 heterocycles. The predicted molar refractivity (Wildman–Crippen MR) is 89.0 cm³/mol. The number of thioether (sulfide) groups is 1. The summed E-state index contributed by atoms with van der Waals surface area (Å²) in [7, 11) is 1.64. The molecule has 22 heavy (non-hydrogen) atoms. The van der Waals surface area contributed by atoms with Crippen LogP contribution in [0.3, 0.4) is 0 Å². The quantitative estimate of drug-likeness (QED) is 0.684. The van der Waals surface area contributed by atoms with Gasteiger partial charge in [-0.25, -0.2) is 4.98 Å². The highest BCUT2D eigenvalue weighted by Crippen LogP contribution is 2.30. The number of rotatable bonds is 4. The molecule has 3 rings (SSSR count). The summed E-state index contributed by atoms with van der Waals surface area (Å²) in [6.07, 6.45) is 1.57.